The van der Waals surface area contributed by atoms with Crippen LogP contribution in [0.2, 0.25) is 0 Å². The zero-order chi connectivity index (χ0) is 18.1. The van der Waals surface area contributed by atoms with E-state index in [0.717, 1.165) is 18.4 Å². The van der Waals surface area contributed by atoms with Gasteiger partial charge < -0.3 is 15.0 Å². The summed E-state index contributed by atoms with van der Waals surface area (Å²) < 4.78 is 29.2. The number of aromatic nitrogens is 1. The first-order valence-corrected chi connectivity index (χ1v) is 10.5. The number of hydrogen-bond donors (Lipinski definition) is 1. The zero-order valence-electron chi connectivity index (χ0n) is 14.7. The van der Waals surface area contributed by atoms with Gasteiger partial charge in [0.05, 0.1) is 18.1 Å². The van der Waals surface area contributed by atoms with Gasteiger partial charge >= 0.3 is 6.03 Å². The third-order valence-corrected chi connectivity index (χ3v) is 6.81. The molecule has 1 N–H and O–H groups in total. The lowest BCUT2D eigenvalue weighted by atomic mass is 9.80. The first-order chi connectivity index (χ1) is 11.8. The Morgan fingerprint density at radius 3 is 2.92 bits per heavy atom. The Kier molecular flexibility index (Phi) is 4.90. The summed E-state index contributed by atoms with van der Waals surface area (Å²) in [6, 6.07) is 1.60. The van der Waals surface area contributed by atoms with Crippen molar-refractivity contribution < 1.29 is 17.9 Å². The minimum Gasteiger partial charge on any atom is -0.476 e. The average Bonchev–Trinajstić information content (AvgIpc) is 2.84. The molecule has 1 unspecified atom stereocenters. The summed E-state index contributed by atoms with van der Waals surface area (Å²) in [5.41, 5.74) is 1.20. The van der Waals surface area contributed by atoms with Crippen LogP contribution >= 0.6 is 0 Å². The van der Waals surface area contributed by atoms with Crippen molar-refractivity contribution in [1.29, 1.82) is 0 Å². The Morgan fingerprint density at radius 1 is 1.44 bits per heavy atom. The van der Waals surface area contributed by atoms with E-state index in [4.69, 9.17) is 4.74 Å². The van der Waals surface area contributed by atoms with Gasteiger partial charge in [0.1, 0.15) is 5.69 Å². The van der Waals surface area contributed by atoms with Gasteiger partial charge in [0.15, 0.2) is 9.84 Å². The molecule has 0 radical (unpaired) electrons. The molecule has 7 nitrogen and oxygen atoms in total. The third kappa shape index (κ3) is 4.05. The number of urea groups is 1. The fourth-order valence-electron chi connectivity index (χ4n) is 3.78. The summed E-state index contributed by atoms with van der Waals surface area (Å²) in [5.74, 6) is 0.829. The van der Waals surface area contributed by atoms with Crippen molar-refractivity contribution in [2.75, 3.05) is 36.5 Å². The van der Waals surface area contributed by atoms with Crippen LogP contribution in [0, 0.1) is 12.3 Å². The van der Waals surface area contributed by atoms with Gasteiger partial charge in [0, 0.05) is 24.7 Å². The summed E-state index contributed by atoms with van der Waals surface area (Å²) in [6.07, 6.45) is 4.04. The Hall–Kier alpha value is -1.83. The maximum Gasteiger partial charge on any atom is 0.322 e. The fraction of sp³-hybridized carbons (Fsp3) is 0.647. The van der Waals surface area contributed by atoms with Crippen molar-refractivity contribution in [2.24, 2.45) is 5.41 Å². The van der Waals surface area contributed by atoms with Crippen LogP contribution in [0.4, 0.5) is 10.5 Å². The molecular formula is C17H25N3O4S. The second-order valence-electron chi connectivity index (χ2n) is 7.10. The molecule has 2 amide bonds. The predicted octanol–water partition coefficient (Wildman–Crippen LogP) is 2.22. The first-order valence-electron chi connectivity index (χ1n) is 8.68. The van der Waals surface area contributed by atoms with Crippen molar-refractivity contribution in [3.63, 3.8) is 0 Å². The lowest BCUT2D eigenvalue weighted by Crippen LogP contribution is -2.48. The quantitative estimate of drug-likeness (QED) is 0.885. The van der Waals surface area contributed by atoms with Crippen LogP contribution in [0.5, 0.6) is 5.88 Å². The number of likely N-dealkylation sites (tertiary alicyclic amines) is 1. The van der Waals surface area contributed by atoms with Crippen molar-refractivity contribution in [3.8, 4) is 5.88 Å². The van der Waals surface area contributed by atoms with Gasteiger partial charge in [0.2, 0.25) is 5.88 Å². The minimum atomic E-state index is -2.97. The van der Waals surface area contributed by atoms with Crippen molar-refractivity contribution in [3.05, 3.63) is 17.8 Å². The van der Waals surface area contributed by atoms with Gasteiger partial charge in [0.25, 0.3) is 0 Å². The number of pyridine rings is 1. The number of aryl methyl sites for hydroxylation is 1. The Bertz CT molecular complexity index is 765. The van der Waals surface area contributed by atoms with E-state index in [-0.39, 0.29) is 23.0 Å². The Balaban J connectivity index is 1.72. The largest absolute Gasteiger partial charge is 0.476 e. The molecule has 0 aliphatic carbocycles. The van der Waals surface area contributed by atoms with E-state index in [0.29, 0.717) is 37.7 Å². The van der Waals surface area contributed by atoms with E-state index in [9.17, 15) is 13.2 Å². The standard InChI is InChI=1S/C17H25N3O4S/c1-3-24-15-14(9-13(2)10-18-15)19-16(21)20-7-4-5-17(11-20)6-8-25(22,23)12-17/h9-10H,3-8,11-12H2,1-2H3,(H,19,21). The smallest absolute Gasteiger partial charge is 0.322 e. The van der Waals surface area contributed by atoms with Crippen molar-refractivity contribution in [1.82, 2.24) is 9.88 Å². The molecule has 0 aromatic carbocycles. The summed E-state index contributed by atoms with van der Waals surface area (Å²) in [7, 11) is -2.97. The molecule has 8 heteroatoms. The predicted molar refractivity (Wildman–Crippen MR) is 95.7 cm³/mol. The summed E-state index contributed by atoms with van der Waals surface area (Å²) in [4.78, 5) is 18.7. The molecule has 1 spiro atoms. The number of ether oxygens (including phenoxy) is 1. The second-order valence-corrected chi connectivity index (χ2v) is 9.28. The minimum absolute atomic E-state index is 0.194. The number of carbonyl (C=O) groups excluding carboxylic acids is 1. The van der Waals surface area contributed by atoms with Gasteiger partial charge in [-0.05, 0) is 44.7 Å². The number of piperidine rings is 1. The molecule has 3 heterocycles. The third-order valence-electron chi connectivity index (χ3n) is 4.93. The van der Waals surface area contributed by atoms with Crippen molar-refractivity contribution in [2.45, 2.75) is 33.1 Å². The van der Waals surface area contributed by atoms with Gasteiger partial charge in [-0.25, -0.2) is 18.2 Å². The first kappa shape index (κ1) is 18.0. The van der Waals surface area contributed by atoms with Crippen LogP contribution in [0.15, 0.2) is 12.3 Å². The highest BCUT2D eigenvalue weighted by Crippen LogP contribution is 2.40. The molecule has 3 rings (SSSR count). The van der Waals surface area contributed by atoms with E-state index in [1.807, 2.05) is 19.9 Å². The van der Waals surface area contributed by atoms with Gasteiger partial charge in [-0.1, -0.05) is 0 Å². The van der Waals surface area contributed by atoms with E-state index in [2.05, 4.69) is 10.3 Å². The lowest BCUT2D eigenvalue weighted by molar-refractivity contribution is 0.129. The van der Waals surface area contributed by atoms with Crippen LogP contribution in [-0.2, 0) is 9.84 Å². The molecule has 1 aromatic heterocycles. The highest BCUT2D eigenvalue weighted by Gasteiger charge is 2.45. The molecule has 2 fully saturated rings. The molecule has 138 valence electrons. The molecule has 25 heavy (non-hydrogen) atoms. The molecule has 0 bridgehead atoms. The monoisotopic (exact) mass is 367 g/mol. The van der Waals surface area contributed by atoms with E-state index in [1.165, 1.54) is 0 Å². The van der Waals surface area contributed by atoms with Gasteiger partial charge in [-0.15, -0.1) is 0 Å². The maximum absolute atomic E-state index is 12.7. The second kappa shape index (κ2) is 6.82. The molecule has 2 aliphatic rings. The Labute approximate surface area is 148 Å². The molecule has 2 aliphatic heterocycles. The highest BCUT2D eigenvalue weighted by molar-refractivity contribution is 7.91. The summed E-state index contributed by atoms with van der Waals surface area (Å²) in [5, 5.41) is 2.88. The number of amides is 2. The van der Waals surface area contributed by atoms with Crippen LogP contribution in [-0.4, -0.2) is 55.5 Å². The zero-order valence-corrected chi connectivity index (χ0v) is 15.6. The highest BCUT2D eigenvalue weighted by atomic mass is 32.2. The van der Waals surface area contributed by atoms with E-state index in [1.54, 1.807) is 11.1 Å². The number of hydrogen-bond acceptors (Lipinski definition) is 5. The Morgan fingerprint density at radius 2 is 2.24 bits per heavy atom. The normalized spacial score (nSPS) is 25.1. The SMILES string of the molecule is CCOc1ncc(C)cc1NC(=O)N1CCCC2(CCS(=O)(=O)C2)C1. The molecule has 0 saturated carbocycles. The van der Waals surface area contributed by atoms with E-state index < -0.39 is 9.84 Å². The van der Waals surface area contributed by atoms with Gasteiger partial charge in [-0.2, -0.15) is 0 Å². The van der Waals surface area contributed by atoms with Crippen LogP contribution in [0.3, 0.4) is 0 Å². The number of anilines is 1. The average molecular weight is 367 g/mol. The fourth-order valence-corrected chi connectivity index (χ4v) is 5.98. The number of sulfone groups is 1. The summed E-state index contributed by atoms with van der Waals surface area (Å²) >= 11 is 0. The summed E-state index contributed by atoms with van der Waals surface area (Å²) in [6.45, 7) is 5.35. The van der Waals surface area contributed by atoms with Crippen LogP contribution in [0.1, 0.15) is 31.7 Å². The molecular weight excluding hydrogens is 342 g/mol. The molecule has 2 saturated heterocycles. The number of nitrogens with zero attached hydrogens (tertiary/aromatic N) is 2. The van der Waals surface area contributed by atoms with Crippen LogP contribution in [0.25, 0.3) is 0 Å². The number of rotatable bonds is 3. The lowest BCUT2D eigenvalue weighted by Gasteiger charge is -2.39. The van der Waals surface area contributed by atoms with Gasteiger partial charge in [-0.3, -0.25) is 0 Å². The molecule has 1 aromatic rings. The van der Waals surface area contributed by atoms with E-state index >= 15 is 0 Å². The molecule has 1 atom stereocenters. The topological polar surface area (TPSA) is 88.6 Å². The van der Waals surface area contributed by atoms with Crippen molar-refractivity contribution >= 4 is 21.6 Å². The number of nitrogens with one attached hydrogen (secondary N) is 1. The van der Waals surface area contributed by atoms with Crippen LogP contribution < -0.4 is 10.1 Å². The maximum atomic E-state index is 12.7. The number of carbonyl (C=O) groups is 1.